The molecule has 1 aliphatic carbocycles. The number of carbonyl (C=O) groups is 1. The van der Waals surface area contributed by atoms with Crippen molar-refractivity contribution in [1.29, 1.82) is 0 Å². The molecule has 5 rings (SSSR count). The van der Waals surface area contributed by atoms with Crippen LogP contribution in [0.3, 0.4) is 0 Å². The number of H-pyrrole nitrogens is 2. The summed E-state index contributed by atoms with van der Waals surface area (Å²) in [6.45, 7) is 6.58. The Morgan fingerprint density at radius 3 is 2.54 bits per heavy atom. The van der Waals surface area contributed by atoms with Gasteiger partial charge in [-0.25, -0.2) is 0 Å². The topological polar surface area (TPSA) is 60.7 Å². The lowest BCUT2D eigenvalue weighted by atomic mass is 9.92. The van der Waals surface area contributed by atoms with Crippen LogP contribution in [0, 0.1) is 0 Å². The molecule has 144 valence electrons. The molecule has 1 fully saturated rings. The highest BCUT2D eigenvalue weighted by molar-refractivity contribution is 6.03. The molecule has 0 saturated heterocycles. The number of amides is 1. The van der Waals surface area contributed by atoms with Crippen LogP contribution in [0.2, 0.25) is 0 Å². The fourth-order valence-corrected chi connectivity index (χ4v) is 3.99. The molecule has 0 atom stereocenters. The van der Waals surface area contributed by atoms with Crippen molar-refractivity contribution >= 4 is 33.4 Å². The highest BCUT2D eigenvalue weighted by Crippen LogP contribution is 2.49. The number of aromatic nitrogens is 2. The molecule has 2 heterocycles. The van der Waals surface area contributed by atoms with Gasteiger partial charge in [-0.1, -0.05) is 26.8 Å². The largest absolute Gasteiger partial charge is 0.361 e. The molecule has 1 aliphatic rings. The van der Waals surface area contributed by atoms with Gasteiger partial charge in [0.25, 0.3) is 0 Å². The number of hydrogen-bond acceptors (Lipinski definition) is 1. The van der Waals surface area contributed by atoms with Crippen molar-refractivity contribution in [2.45, 2.75) is 44.4 Å². The van der Waals surface area contributed by atoms with Crippen molar-refractivity contribution in [2.24, 2.45) is 0 Å². The second-order valence-electron chi connectivity index (χ2n) is 9.05. The van der Waals surface area contributed by atoms with E-state index in [-0.39, 0.29) is 12.7 Å². The average molecular weight is 374 g/mol. The second kappa shape index (κ2) is 5.74. The predicted octanol–water partition coefficient (Wildman–Crippen LogP) is 5.86. The first-order chi connectivity index (χ1) is 13.3. The minimum absolute atomic E-state index is 0. The SMILES string of the molecule is CC(C)(C)c1cc2cc(NC(=O)C3(c4ccc5[nH]ccc5c4)CC3)ccc2[nH]1.[HH]. The van der Waals surface area contributed by atoms with Gasteiger partial charge in [0.15, 0.2) is 0 Å². The van der Waals surface area contributed by atoms with Crippen LogP contribution in [0.15, 0.2) is 54.7 Å². The van der Waals surface area contributed by atoms with Crippen molar-refractivity contribution in [3.8, 4) is 0 Å². The van der Waals surface area contributed by atoms with Crippen LogP contribution in [-0.2, 0) is 15.6 Å². The minimum atomic E-state index is -0.394. The zero-order chi connectivity index (χ0) is 19.5. The van der Waals surface area contributed by atoms with E-state index < -0.39 is 5.41 Å². The summed E-state index contributed by atoms with van der Waals surface area (Å²) in [5, 5.41) is 5.44. The van der Waals surface area contributed by atoms with Crippen LogP contribution < -0.4 is 5.32 Å². The highest BCUT2D eigenvalue weighted by atomic mass is 16.2. The molecule has 0 radical (unpaired) electrons. The van der Waals surface area contributed by atoms with E-state index in [1.807, 2.05) is 18.3 Å². The van der Waals surface area contributed by atoms with Crippen molar-refractivity contribution in [1.82, 2.24) is 9.97 Å². The quantitative estimate of drug-likeness (QED) is 0.414. The van der Waals surface area contributed by atoms with Gasteiger partial charge in [-0.3, -0.25) is 4.79 Å². The van der Waals surface area contributed by atoms with Gasteiger partial charge in [0, 0.05) is 40.8 Å². The maximum absolute atomic E-state index is 13.1. The molecule has 0 aliphatic heterocycles. The molecule has 0 bridgehead atoms. The zero-order valence-electron chi connectivity index (χ0n) is 16.5. The molecule has 0 spiro atoms. The van der Waals surface area contributed by atoms with Crippen molar-refractivity contribution in [3.63, 3.8) is 0 Å². The lowest BCUT2D eigenvalue weighted by molar-refractivity contribution is -0.118. The molecule has 3 N–H and O–H groups in total. The summed E-state index contributed by atoms with van der Waals surface area (Å²) in [5.41, 5.74) is 5.03. The summed E-state index contributed by atoms with van der Waals surface area (Å²) >= 11 is 0. The van der Waals surface area contributed by atoms with Gasteiger partial charge >= 0.3 is 0 Å². The first kappa shape index (κ1) is 17.1. The molecule has 2 aromatic carbocycles. The fraction of sp³-hybridized carbons (Fsp3) is 0.292. The second-order valence-corrected chi connectivity index (χ2v) is 9.05. The van der Waals surface area contributed by atoms with E-state index >= 15 is 0 Å². The lowest BCUT2D eigenvalue weighted by Crippen LogP contribution is -2.27. The first-order valence-electron chi connectivity index (χ1n) is 9.88. The molecular weight excluding hydrogens is 346 g/mol. The van der Waals surface area contributed by atoms with Gasteiger partial charge in [-0.05, 0) is 66.3 Å². The maximum Gasteiger partial charge on any atom is 0.235 e. The number of rotatable bonds is 3. The predicted molar refractivity (Wildman–Crippen MR) is 117 cm³/mol. The third-order valence-corrected chi connectivity index (χ3v) is 5.98. The van der Waals surface area contributed by atoms with Gasteiger partial charge < -0.3 is 15.3 Å². The Morgan fingerprint density at radius 1 is 1.00 bits per heavy atom. The van der Waals surface area contributed by atoms with Gasteiger partial charge in [0.05, 0.1) is 5.41 Å². The summed E-state index contributed by atoms with van der Waals surface area (Å²) in [4.78, 5) is 19.8. The summed E-state index contributed by atoms with van der Waals surface area (Å²) in [7, 11) is 0. The van der Waals surface area contributed by atoms with Crippen LogP contribution in [0.4, 0.5) is 5.69 Å². The molecular formula is C24H27N3O. The Labute approximate surface area is 165 Å². The van der Waals surface area contributed by atoms with E-state index in [0.29, 0.717) is 0 Å². The number of nitrogens with one attached hydrogen (secondary N) is 3. The summed E-state index contributed by atoms with van der Waals surface area (Å²) in [5.74, 6) is 0.0910. The van der Waals surface area contributed by atoms with Crippen LogP contribution in [0.1, 0.15) is 46.3 Å². The zero-order valence-corrected chi connectivity index (χ0v) is 16.5. The standard InChI is InChI=1S/C24H25N3O.H2/c1-23(2,3)21-14-16-13-18(5-7-20(16)27-21)26-22(28)24(9-10-24)17-4-6-19-15(12-17)8-11-25-19;/h4-8,11-14,25,27H,9-10H2,1-3H3,(H,26,28);1H. The third kappa shape index (κ3) is 2.71. The van der Waals surface area contributed by atoms with E-state index in [4.69, 9.17) is 0 Å². The number of aromatic amines is 2. The molecule has 4 nitrogen and oxygen atoms in total. The molecule has 4 heteroatoms. The van der Waals surface area contributed by atoms with E-state index in [0.717, 1.165) is 45.9 Å². The Morgan fingerprint density at radius 2 is 1.79 bits per heavy atom. The Hall–Kier alpha value is -3.01. The summed E-state index contributed by atoms with van der Waals surface area (Å²) < 4.78 is 0. The van der Waals surface area contributed by atoms with Crippen LogP contribution in [0.25, 0.3) is 21.8 Å². The Bertz CT molecular complexity index is 1210. The van der Waals surface area contributed by atoms with Crippen LogP contribution in [-0.4, -0.2) is 15.9 Å². The van der Waals surface area contributed by atoms with Gasteiger partial charge in [-0.15, -0.1) is 0 Å². The number of hydrogen-bond donors (Lipinski definition) is 3. The van der Waals surface area contributed by atoms with E-state index in [9.17, 15) is 4.79 Å². The molecule has 1 amide bonds. The van der Waals surface area contributed by atoms with E-state index in [1.54, 1.807) is 0 Å². The number of benzene rings is 2. The van der Waals surface area contributed by atoms with Crippen molar-refractivity contribution < 1.29 is 6.22 Å². The molecule has 0 unspecified atom stereocenters. The number of fused-ring (bicyclic) bond motifs is 2. The lowest BCUT2D eigenvalue weighted by Gasteiger charge is -2.16. The van der Waals surface area contributed by atoms with E-state index in [1.165, 1.54) is 5.69 Å². The Kier molecular flexibility index (Phi) is 3.51. The minimum Gasteiger partial charge on any atom is -0.361 e. The summed E-state index contributed by atoms with van der Waals surface area (Å²) in [6.07, 6.45) is 3.73. The molecule has 2 aromatic heterocycles. The number of anilines is 1. The fourth-order valence-electron chi connectivity index (χ4n) is 3.99. The molecule has 4 aromatic rings. The Balaban J connectivity index is 0.00000205. The highest BCUT2D eigenvalue weighted by Gasteiger charge is 2.51. The monoisotopic (exact) mass is 373 g/mol. The summed E-state index contributed by atoms with van der Waals surface area (Å²) in [6, 6.07) is 16.6. The number of carbonyl (C=O) groups excluding carboxylic acids is 1. The normalized spacial score (nSPS) is 15.8. The molecule has 28 heavy (non-hydrogen) atoms. The van der Waals surface area contributed by atoms with Crippen LogP contribution >= 0.6 is 0 Å². The first-order valence-corrected chi connectivity index (χ1v) is 9.88. The van der Waals surface area contributed by atoms with E-state index in [2.05, 4.69) is 72.5 Å². The van der Waals surface area contributed by atoms with Gasteiger partial charge in [-0.2, -0.15) is 0 Å². The smallest absolute Gasteiger partial charge is 0.235 e. The maximum atomic E-state index is 13.1. The third-order valence-electron chi connectivity index (χ3n) is 5.98. The van der Waals surface area contributed by atoms with Crippen molar-refractivity contribution in [3.05, 3.63) is 66.0 Å². The average Bonchev–Trinajstić information content (AvgIpc) is 3.13. The van der Waals surface area contributed by atoms with Crippen molar-refractivity contribution in [2.75, 3.05) is 5.32 Å². The van der Waals surface area contributed by atoms with Gasteiger partial charge in [0.1, 0.15) is 0 Å². The van der Waals surface area contributed by atoms with Crippen LogP contribution in [0.5, 0.6) is 0 Å². The van der Waals surface area contributed by atoms with Gasteiger partial charge in [0.2, 0.25) is 5.91 Å². The molecule has 1 saturated carbocycles.